The Kier molecular flexibility index (Phi) is 5.82. The Hall–Kier alpha value is -2.37. The van der Waals surface area contributed by atoms with Crippen LogP contribution < -0.4 is 5.32 Å². The number of hydrogen-bond donors (Lipinski definition) is 1. The van der Waals surface area contributed by atoms with E-state index in [0.717, 1.165) is 17.7 Å². The first kappa shape index (κ1) is 19.0. The smallest absolute Gasteiger partial charge is 0.349 e. The predicted molar refractivity (Wildman–Crippen MR) is 87.3 cm³/mol. The molecule has 0 saturated heterocycles. The number of nitrogens with one attached hydrogen (secondary N) is 1. The van der Waals surface area contributed by atoms with Gasteiger partial charge >= 0.3 is 6.18 Å². The summed E-state index contributed by atoms with van der Waals surface area (Å²) in [4.78, 5) is 12.3. The molecule has 0 fully saturated rings. The fourth-order valence-electron chi connectivity index (χ4n) is 2.57. The molecule has 0 aromatic heterocycles. The third kappa shape index (κ3) is 5.31. The van der Waals surface area contributed by atoms with Crippen LogP contribution in [0.1, 0.15) is 36.6 Å². The van der Waals surface area contributed by atoms with Crippen molar-refractivity contribution < 1.29 is 22.4 Å². The molecule has 0 aliphatic carbocycles. The minimum atomic E-state index is -4.44. The highest BCUT2D eigenvalue weighted by atomic mass is 19.4. The van der Waals surface area contributed by atoms with Gasteiger partial charge in [0.05, 0.1) is 18.0 Å². The number of amides is 1. The van der Waals surface area contributed by atoms with Gasteiger partial charge in [0.1, 0.15) is 5.82 Å². The highest BCUT2D eigenvalue weighted by Crippen LogP contribution is 2.29. The Balaban J connectivity index is 2.11. The Morgan fingerprint density at radius 3 is 2.28 bits per heavy atom. The zero-order chi connectivity index (χ0) is 18.6. The van der Waals surface area contributed by atoms with E-state index >= 15 is 0 Å². The molecular weight excluding hydrogens is 334 g/mol. The number of carbonyl (C=O) groups excluding carboxylic acids is 1. The van der Waals surface area contributed by atoms with Crippen molar-refractivity contribution in [3.8, 4) is 0 Å². The summed E-state index contributed by atoms with van der Waals surface area (Å²) in [6.45, 7) is 3.80. The molecule has 1 amide bonds. The maximum atomic E-state index is 13.1. The molecule has 0 aliphatic rings. The predicted octanol–water partition coefficient (Wildman–Crippen LogP) is 4.90. The summed E-state index contributed by atoms with van der Waals surface area (Å²) in [6.07, 6.45) is -4.60. The second-order valence-electron chi connectivity index (χ2n) is 6.22. The zero-order valence-electron chi connectivity index (χ0n) is 13.9. The van der Waals surface area contributed by atoms with Crippen molar-refractivity contribution in [2.75, 3.05) is 0 Å². The Morgan fingerprint density at radius 2 is 1.72 bits per heavy atom. The monoisotopic (exact) mass is 353 g/mol. The maximum Gasteiger partial charge on any atom is 0.416 e. The van der Waals surface area contributed by atoms with Gasteiger partial charge in [0.25, 0.3) is 0 Å². The van der Waals surface area contributed by atoms with Crippen LogP contribution in [0.3, 0.4) is 0 Å². The summed E-state index contributed by atoms with van der Waals surface area (Å²) >= 11 is 0. The van der Waals surface area contributed by atoms with E-state index in [1.54, 1.807) is 12.1 Å². The third-order valence-electron chi connectivity index (χ3n) is 3.83. The number of rotatable bonds is 5. The Labute approximate surface area is 143 Å². The van der Waals surface area contributed by atoms with Gasteiger partial charge < -0.3 is 5.32 Å². The average Bonchev–Trinajstić information content (AvgIpc) is 2.53. The van der Waals surface area contributed by atoms with Gasteiger partial charge in [-0.3, -0.25) is 4.79 Å². The molecule has 0 unspecified atom stereocenters. The molecule has 1 N–H and O–H groups in total. The van der Waals surface area contributed by atoms with Crippen molar-refractivity contribution in [2.45, 2.75) is 32.5 Å². The van der Waals surface area contributed by atoms with Gasteiger partial charge in [-0.2, -0.15) is 13.2 Å². The van der Waals surface area contributed by atoms with E-state index in [1.807, 2.05) is 13.8 Å². The largest absolute Gasteiger partial charge is 0.416 e. The van der Waals surface area contributed by atoms with Crippen molar-refractivity contribution in [1.29, 1.82) is 0 Å². The quantitative estimate of drug-likeness (QED) is 0.761. The molecule has 2 aromatic carbocycles. The van der Waals surface area contributed by atoms with Crippen molar-refractivity contribution >= 4 is 5.91 Å². The van der Waals surface area contributed by atoms with Gasteiger partial charge in [0.15, 0.2) is 0 Å². The SMILES string of the molecule is CC(C)[C@@H](NC(=O)Cc1cccc(C(F)(F)F)c1)c1ccc(F)cc1. The molecule has 0 bridgehead atoms. The van der Waals surface area contributed by atoms with Crippen LogP contribution >= 0.6 is 0 Å². The second kappa shape index (κ2) is 7.68. The van der Waals surface area contributed by atoms with Gasteiger partial charge in [-0.05, 0) is 35.2 Å². The van der Waals surface area contributed by atoms with Crippen molar-refractivity contribution in [2.24, 2.45) is 5.92 Å². The van der Waals surface area contributed by atoms with Crippen LogP contribution in [-0.4, -0.2) is 5.91 Å². The van der Waals surface area contributed by atoms with Crippen LogP contribution in [-0.2, 0) is 17.4 Å². The molecule has 2 nitrogen and oxygen atoms in total. The normalized spacial score (nSPS) is 12.9. The lowest BCUT2D eigenvalue weighted by Gasteiger charge is -2.23. The van der Waals surface area contributed by atoms with Crippen molar-refractivity contribution in [1.82, 2.24) is 5.32 Å². The van der Waals surface area contributed by atoms with Gasteiger partial charge in [-0.1, -0.05) is 44.2 Å². The minimum Gasteiger partial charge on any atom is -0.349 e. The van der Waals surface area contributed by atoms with E-state index in [4.69, 9.17) is 0 Å². The highest BCUT2D eigenvalue weighted by molar-refractivity contribution is 5.79. The third-order valence-corrected chi connectivity index (χ3v) is 3.83. The molecular formula is C19H19F4NO. The Morgan fingerprint density at radius 1 is 1.08 bits per heavy atom. The molecule has 0 aliphatic heterocycles. The summed E-state index contributed by atoms with van der Waals surface area (Å²) in [5.74, 6) is -0.722. The standard InChI is InChI=1S/C19H19F4NO/c1-12(2)18(14-6-8-16(20)9-7-14)24-17(25)11-13-4-3-5-15(10-13)19(21,22)23/h3-10,12,18H,11H2,1-2H3,(H,24,25)/t18-/m1/s1. The van der Waals surface area contributed by atoms with E-state index in [-0.39, 0.29) is 35.7 Å². The van der Waals surface area contributed by atoms with Gasteiger partial charge in [-0.15, -0.1) is 0 Å². The summed E-state index contributed by atoms with van der Waals surface area (Å²) in [5, 5.41) is 2.82. The molecule has 0 radical (unpaired) electrons. The van der Waals surface area contributed by atoms with Crippen molar-refractivity contribution in [3.05, 3.63) is 71.0 Å². The summed E-state index contributed by atoms with van der Waals surface area (Å²) < 4.78 is 51.3. The lowest BCUT2D eigenvalue weighted by molar-refractivity contribution is -0.137. The summed E-state index contributed by atoms with van der Waals surface area (Å²) in [5.41, 5.74) is 0.250. The van der Waals surface area contributed by atoms with Crippen LogP contribution in [0.4, 0.5) is 17.6 Å². The first-order valence-electron chi connectivity index (χ1n) is 7.88. The topological polar surface area (TPSA) is 29.1 Å². The lowest BCUT2D eigenvalue weighted by atomic mass is 9.95. The van der Waals surface area contributed by atoms with Gasteiger partial charge in [-0.25, -0.2) is 4.39 Å². The van der Waals surface area contributed by atoms with Crippen LogP contribution in [0.15, 0.2) is 48.5 Å². The average molecular weight is 353 g/mol. The van der Waals surface area contributed by atoms with Crippen LogP contribution in [0.2, 0.25) is 0 Å². The number of hydrogen-bond acceptors (Lipinski definition) is 1. The van der Waals surface area contributed by atoms with E-state index < -0.39 is 11.7 Å². The van der Waals surface area contributed by atoms with Gasteiger partial charge in [0, 0.05) is 0 Å². The minimum absolute atomic E-state index is 0.0379. The second-order valence-corrected chi connectivity index (χ2v) is 6.22. The van der Waals surface area contributed by atoms with E-state index in [0.29, 0.717) is 0 Å². The zero-order valence-corrected chi connectivity index (χ0v) is 13.9. The van der Waals surface area contributed by atoms with E-state index in [2.05, 4.69) is 5.32 Å². The first-order valence-corrected chi connectivity index (χ1v) is 7.88. The molecule has 25 heavy (non-hydrogen) atoms. The molecule has 2 rings (SSSR count). The lowest BCUT2D eigenvalue weighted by Crippen LogP contribution is -2.32. The van der Waals surface area contributed by atoms with Crippen molar-refractivity contribution in [3.63, 3.8) is 0 Å². The molecule has 0 heterocycles. The molecule has 2 aromatic rings. The highest BCUT2D eigenvalue weighted by Gasteiger charge is 2.30. The summed E-state index contributed by atoms with van der Waals surface area (Å²) in [7, 11) is 0. The molecule has 1 atom stereocenters. The summed E-state index contributed by atoms with van der Waals surface area (Å²) in [6, 6.07) is 10.2. The molecule has 0 spiro atoms. The number of benzene rings is 2. The molecule has 134 valence electrons. The van der Waals surface area contributed by atoms with Crippen LogP contribution in [0.5, 0.6) is 0 Å². The van der Waals surface area contributed by atoms with E-state index in [9.17, 15) is 22.4 Å². The number of halogens is 4. The van der Waals surface area contributed by atoms with Gasteiger partial charge in [0.2, 0.25) is 5.91 Å². The maximum absolute atomic E-state index is 13.1. The fraction of sp³-hybridized carbons (Fsp3) is 0.316. The number of carbonyl (C=O) groups is 1. The molecule has 0 saturated carbocycles. The van der Waals surface area contributed by atoms with Crippen LogP contribution in [0.25, 0.3) is 0 Å². The van der Waals surface area contributed by atoms with E-state index in [1.165, 1.54) is 24.3 Å². The fourth-order valence-corrected chi connectivity index (χ4v) is 2.57. The number of alkyl halides is 3. The van der Waals surface area contributed by atoms with Crippen LogP contribution in [0, 0.1) is 11.7 Å². The molecule has 6 heteroatoms. The first-order chi connectivity index (χ1) is 11.7. The Bertz CT molecular complexity index is 723.